The Morgan fingerprint density at radius 1 is 1.25 bits per heavy atom. The molecule has 4 heavy (non-hydrogen) atoms. The Kier molecular flexibility index (Phi) is 88.9. The van der Waals surface area contributed by atoms with Crippen molar-refractivity contribution in [2.24, 2.45) is 0 Å². The quantitative estimate of drug-likeness (QED) is 0.430. The summed E-state index contributed by atoms with van der Waals surface area (Å²) in [6.45, 7) is 0. The van der Waals surface area contributed by atoms with Crippen LogP contribution in [0.1, 0.15) is 0 Å². The van der Waals surface area contributed by atoms with Crippen LogP contribution in [0.4, 0.5) is 0 Å². The second-order valence-corrected chi connectivity index (χ2v) is 0. The molecule has 0 fully saturated rings. The summed E-state index contributed by atoms with van der Waals surface area (Å²) in [5, 5.41) is 0. The summed E-state index contributed by atoms with van der Waals surface area (Å²) >= 11 is 0.500. The molecule has 1 nitrogen and oxygen atoms in total. The maximum Gasteiger partial charge on any atom is 0 e. The summed E-state index contributed by atoms with van der Waals surface area (Å²) in [4.78, 5) is 0. The van der Waals surface area contributed by atoms with Crippen LogP contribution in [-0.2, 0) is 46.0 Å². The molecule has 0 atom stereocenters. The zero-order valence-electron chi connectivity index (χ0n) is 1.36. The van der Waals surface area contributed by atoms with Crippen LogP contribution in [0.5, 0.6) is 0 Å². The predicted molar refractivity (Wildman–Crippen MR) is 7.84 cm³/mol. The van der Waals surface area contributed by atoms with Crippen molar-refractivity contribution in [3.63, 3.8) is 0 Å². The Bertz CT molecular complexity index is 8.00. The standard InChI is InChI=1S/Li.Nb.O.Ti.H. The van der Waals surface area contributed by atoms with Gasteiger partial charge in [-0.15, -0.1) is 0 Å². The van der Waals surface area contributed by atoms with Crippen LogP contribution in [0.25, 0.3) is 0 Å². The molecule has 0 heterocycles. The molecular weight excluding hydrogens is 164 g/mol. The largest absolute Gasteiger partial charge is 0 e. The van der Waals surface area contributed by atoms with Crippen molar-refractivity contribution < 1.29 is 46.0 Å². The van der Waals surface area contributed by atoms with E-state index in [0.29, 0.717) is 21.0 Å². The van der Waals surface area contributed by atoms with E-state index in [2.05, 4.69) is 0 Å². The summed E-state index contributed by atoms with van der Waals surface area (Å²) in [6, 6.07) is 0. The van der Waals surface area contributed by atoms with Crippen LogP contribution in [0.3, 0.4) is 0 Å². The Balaban J connectivity index is -0.00000000500. The predicted octanol–water partition coefficient (Wildman–Crippen LogP) is -0.772. The average Bonchev–Trinajstić information content (AvgIpc) is 1.00. The summed E-state index contributed by atoms with van der Waals surface area (Å²) in [5.41, 5.74) is 0. The number of hydrogen-bond acceptors (Lipinski definition) is 1. The van der Waals surface area contributed by atoms with Crippen molar-refractivity contribution in [2.45, 2.75) is 0 Å². The number of hydrogen-bond donors (Lipinski definition) is 0. The van der Waals surface area contributed by atoms with Gasteiger partial charge in [0.2, 0.25) is 0 Å². The van der Waals surface area contributed by atoms with Gasteiger partial charge in [-0.1, -0.05) is 0 Å². The molecule has 0 amide bonds. The minimum atomic E-state index is 0. The molecule has 0 aliphatic carbocycles. The fourth-order valence-electron chi connectivity index (χ4n) is 0. The molecule has 0 unspecified atom stereocenters. The Hall–Kier alpha value is 1.85. The van der Waals surface area contributed by atoms with E-state index in [1.165, 1.54) is 0 Å². The van der Waals surface area contributed by atoms with Gasteiger partial charge in [-0.2, -0.15) is 0 Å². The van der Waals surface area contributed by atoms with Crippen LogP contribution in [0.15, 0.2) is 0 Å². The Labute approximate surface area is 64.2 Å². The van der Waals surface area contributed by atoms with E-state index in [0.717, 1.165) is 0 Å². The van der Waals surface area contributed by atoms with Gasteiger partial charge in [0.1, 0.15) is 0 Å². The summed E-state index contributed by atoms with van der Waals surface area (Å²) in [6.07, 6.45) is 0. The van der Waals surface area contributed by atoms with Crippen molar-refractivity contribution in [2.75, 3.05) is 0 Å². The topological polar surface area (TPSA) is 17.1 Å². The van der Waals surface area contributed by atoms with E-state index in [1.54, 1.807) is 0 Å². The molecular formula is HLiNbOTi. The fraction of sp³-hybridized carbons (Fsp3) is 0. The van der Waals surface area contributed by atoms with E-state index in [9.17, 15) is 0 Å². The second kappa shape index (κ2) is 21.0. The molecule has 4 heteroatoms. The average molecular weight is 165 g/mol. The molecule has 0 aliphatic rings. The SMILES string of the molecule is [LiH].[O]=[Nb].[Ti]. The van der Waals surface area contributed by atoms with Gasteiger partial charge in [-0.3, -0.25) is 0 Å². The molecule has 0 bridgehead atoms. The van der Waals surface area contributed by atoms with Crippen LogP contribution < -0.4 is 0 Å². The smallest absolute Gasteiger partial charge is 0 e. The molecule has 0 aromatic rings. The van der Waals surface area contributed by atoms with Crippen molar-refractivity contribution in [1.82, 2.24) is 0 Å². The molecule has 0 spiro atoms. The molecule has 0 radical (unpaired) electrons. The third kappa shape index (κ3) is 9.13. The van der Waals surface area contributed by atoms with Crippen LogP contribution in [0, 0.1) is 0 Å². The van der Waals surface area contributed by atoms with Crippen molar-refractivity contribution in [1.29, 1.82) is 0 Å². The molecule has 0 aromatic heterocycles. The first-order valence-corrected chi connectivity index (χ1v) is 1.08. The van der Waals surface area contributed by atoms with Crippen molar-refractivity contribution >= 4 is 18.9 Å². The molecule has 0 saturated carbocycles. The Morgan fingerprint density at radius 2 is 1.25 bits per heavy atom. The van der Waals surface area contributed by atoms with Crippen LogP contribution in [0.2, 0.25) is 0 Å². The van der Waals surface area contributed by atoms with Gasteiger partial charge in [0.25, 0.3) is 0 Å². The second-order valence-electron chi connectivity index (χ2n) is 0. The van der Waals surface area contributed by atoms with E-state index in [4.69, 9.17) is 3.25 Å². The van der Waals surface area contributed by atoms with Gasteiger partial charge in [0.05, 0.1) is 0 Å². The van der Waals surface area contributed by atoms with Gasteiger partial charge in [-0.05, 0) is 0 Å². The third-order valence-electron chi connectivity index (χ3n) is 0. The zero-order valence-corrected chi connectivity index (χ0v) is 5.12. The first-order valence-electron chi connectivity index (χ1n) is 0.183. The zero-order chi connectivity index (χ0) is 2.00. The van der Waals surface area contributed by atoms with Gasteiger partial charge >= 0.3 is 43.2 Å². The minimum Gasteiger partial charge on any atom is 0 e. The van der Waals surface area contributed by atoms with Crippen molar-refractivity contribution in [3.8, 4) is 0 Å². The van der Waals surface area contributed by atoms with Gasteiger partial charge in [-0.25, -0.2) is 0 Å². The molecule has 0 saturated heterocycles. The molecule has 0 aromatic carbocycles. The normalized spacial score (nSPS) is 0.750. The molecule has 0 N–H and O–H groups in total. The molecule has 0 rings (SSSR count). The maximum absolute atomic E-state index is 8.30. The van der Waals surface area contributed by atoms with Gasteiger partial charge in [0, 0.05) is 21.7 Å². The van der Waals surface area contributed by atoms with Gasteiger partial charge in [0.15, 0.2) is 0 Å². The van der Waals surface area contributed by atoms with E-state index in [-0.39, 0.29) is 40.6 Å². The summed E-state index contributed by atoms with van der Waals surface area (Å²) < 4.78 is 8.30. The molecule has 0 aliphatic heterocycles. The van der Waals surface area contributed by atoms with E-state index >= 15 is 0 Å². The monoisotopic (exact) mass is 165 g/mol. The summed E-state index contributed by atoms with van der Waals surface area (Å²) in [7, 11) is 0. The third-order valence-corrected chi connectivity index (χ3v) is 0. The van der Waals surface area contributed by atoms with E-state index < -0.39 is 0 Å². The first kappa shape index (κ1) is 16.9. The van der Waals surface area contributed by atoms with Gasteiger partial charge < -0.3 is 0 Å². The van der Waals surface area contributed by atoms with E-state index in [1.807, 2.05) is 0 Å². The van der Waals surface area contributed by atoms with Crippen LogP contribution in [-0.4, -0.2) is 18.9 Å². The Morgan fingerprint density at radius 3 is 1.25 bits per heavy atom. The van der Waals surface area contributed by atoms with Crippen molar-refractivity contribution in [3.05, 3.63) is 0 Å². The number of rotatable bonds is 0. The fourth-order valence-corrected chi connectivity index (χ4v) is 0. The first-order chi connectivity index (χ1) is 1.00. The van der Waals surface area contributed by atoms with Crippen LogP contribution >= 0.6 is 0 Å². The molecule has 17 valence electrons. The minimum absolute atomic E-state index is 0. The summed E-state index contributed by atoms with van der Waals surface area (Å²) in [5.74, 6) is 0. The maximum atomic E-state index is 8.30.